The van der Waals surface area contributed by atoms with Crippen molar-refractivity contribution < 1.29 is 28.5 Å². The first kappa shape index (κ1) is 31.5. The lowest BCUT2D eigenvalue weighted by Crippen LogP contribution is -2.40. The molecule has 10 nitrogen and oxygen atoms in total. The van der Waals surface area contributed by atoms with Gasteiger partial charge in [0.2, 0.25) is 0 Å². The first-order valence-corrected chi connectivity index (χ1v) is 15.4. The molecular weight excluding hydrogens is 594 g/mol. The first-order valence-electron chi connectivity index (χ1n) is 14.6. The van der Waals surface area contributed by atoms with E-state index in [-0.39, 0.29) is 24.3 Å². The van der Waals surface area contributed by atoms with Crippen LogP contribution < -0.4 is 24.4 Å². The number of allylic oxidation sites excluding steroid dienone is 1. The topological polar surface area (TPSA) is 110 Å². The van der Waals surface area contributed by atoms with Gasteiger partial charge in [-0.25, -0.2) is 14.6 Å². The van der Waals surface area contributed by atoms with Crippen molar-refractivity contribution in [2.24, 2.45) is 4.99 Å². The van der Waals surface area contributed by atoms with Gasteiger partial charge >= 0.3 is 11.9 Å². The lowest BCUT2D eigenvalue weighted by atomic mass is 9.95. The molecule has 0 saturated carbocycles. The van der Waals surface area contributed by atoms with E-state index in [1.807, 2.05) is 57.2 Å². The van der Waals surface area contributed by atoms with Crippen molar-refractivity contribution in [2.75, 3.05) is 26.9 Å². The molecule has 5 rings (SSSR count). The van der Waals surface area contributed by atoms with Crippen LogP contribution >= 0.6 is 11.3 Å². The fourth-order valence-electron chi connectivity index (χ4n) is 5.43. The number of benzene rings is 2. The number of thiazole rings is 1. The van der Waals surface area contributed by atoms with Gasteiger partial charge in [-0.2, -0.15) is 0 Å². The summed E-state index contributed by atoms with van der Waals surface area (Å²) in [6.45, 7) is 9.52. The molecule has 1 aliphatic heterocycles. The van der Waals surface area contributed by atoms with E-state index in [2.05, 4.69) is 20.4 Å². The molecule has 2 aromatic heterocycles. The molecule has 1 atom stereocenters. The second-order valence-corrected chi connectivity index (χ2v) is 11.3. The van der Waals surface area contributed by atoms with Gasteiger partial charge in [0, 0.05) is 17.1 Å². The summed E-state index contributed by atoms with van der Waals surface area (Å²) in [6.07, 6.45) is 1.88. The van der Waals surface area contributed by atoms with E-state index in [9.17, 15) is 14.4 Å². The summed E-state index contributed by atoms with van der Waals surface area (Å²) < 4.78 is 25.8. The summed E-state index contributed by atoms with van der Waals surface area (Å²) in [5.74, 6) is -0.424. The van der Waals surface area contributed by atoms with Crippen LogP contribution in [0.2, 0.25) is 0 Å². The van der Waals surface area contributed by atoms with Crippen LogP contribution in [0, 0.1) is 13.8 Å². The van der Waals surface area contributed by atoms with Crippen LogP contribution in [0.15, 0.2) is 75.7 Å². The molecule has 11 heteroatoms. The minimum absolute atomic E-state index is 0.161. The zero-order valence-electron chi connectivity index (χ0n) is 26.1. The van der Waals surface area contributed by atoms with E-state index < -0.39 is 18.0 Å². The van der Waals surface area contributed by atoms with Crippen LogP contribution in [-0.4, -0.2) is 48.0 Å². The van der Waals surface area contributed by atoms with Crippen LogP contribution in [-0.2, 0) is 19.1 Å². The van der Waals surface area contributed by atoms with E-state index in [0.29, 0.717) is 38.7 Å². The van der Waals surface area contributed by atoms with Crippen molar-refractivity contribution in [3.8, 4) is 17.2 Å². The molecule has 0 radical (unpaired) electrons. The van der Waals surface area contributed by atoms with Crippen LogP contribution in [0.5, 0.6) is 11.5 Å². The fourth-order valence-corrected chi connectivity index (χ4v) is 6.47. The number of esters is 2. The summed E-state index contributed by atoms with van der Waals surface area (Å²) in [4.78, 5) is 44.4. The second-order valence-electron chi connectivity index (χ2n) is 10.3. The zero-order chi connectivity index (χ0) is 32.2. The highest BCUT2D eigenvalue weighted by Crippen LogP contribution is 2.36. The number of rotatable bonds is 10. The van der Waals surface area contributed by atoms with Crippen molar-refractivity contribution >= 4 is 29.4 Å². The monoisotopic (exact) mass is 629 g/mol. The Hall–Kier alpha value is -4.90. The number of aromatic nitrogens is 2. The lowest BCUT2D eigenvalue weighted by Gasteiger charge is -2.25. The Morgan fingerprint density at radius 2 is 1.73 bits per heavy atom. The third kappa shape index (κ3) is 6.21. The summed E-state index contributed by atoms with van der Waals surface area (Å²) in [5.41, 5.74) is 4.99. The van der Waals surface area contributed by atoms with Crippen LogP contribution in [0.3, 0.4) is 0 Å². The predicted octanol–water partition coefficient (Wildman–Crippen LogP) is 4.16. The molecule has 0 amide bonds. The van der Waals surface area contributed by atoms with Gasteiger partial charge in [0.15, 0.2) is 22.9 Å². The number of aryl methyl sites for hydroxylation is 1. The number of ether oxygens (including phenoxy) is 4. The summed E-state index contributed by atoms with van der Waals surface area (Å²) in [5, 5.41) is 0. The molecule has 0 spiro atoms. The average Bonchev–Trinajstić information content (AvgIpc) is 3.49. The highest BCUT2D eigenvalue weighted by molar-refractivity contribution is 7.07. The maximum absolute atomic E-state index is 14.2. The van der Waals surface area contributed by atoms with Gasteiger partial charge in [-0.05, 0) is 82.2 Å². The SMILES string of the molecule is CCOC(=O)C1=C(C)N=c2s/c(=C/c3cc(C)n(-c4ccccc4)c3C)c(=O)n2[C@H]1c1ccc(OCC(=O)OC)c(OCC)c1. The maximum atomic E-state index is 14.2. The van der Waals surface area contributed by atoms with Crippen molar-refractivity contribution in [2.45, 2.75) is 40.7 Å². The minimum Gasteiger partial charge on any atom is -0.490 e. The third-order valence-electron chi connectivity index (χ3n) is 7.44. The van der Waals surface area contributed by atoms with Gasteiger partial charge in [0.1, 0.15) is 0 Å². The van der Waals surface area contributed by atoms with Gasteiger partial charge in [-0.3, -0.25) is 9.36 Å². The molecule has 0 bridgehead atoms. The number of nitrogens with zero attached hydrogens (tertiary/aromatic N) is 3. The molecule has 1 aliphatic rings. The summed E-state index contributed by atoms with van der Waals surface area (Å²) in [7, 11) is 1.28. The smallest absolute Gasteiger partial charge is 0.343 e. The molecule has 0 unspecified atom stereocenters. The quantitative estimate of drug-likeness (QED) is 0.243. The summed E-state index contributed by atoms with van der Waals surface area (Å²) in [6, 6.07) is 16.3. The highest BCUT2D eigenvalue weighted by atomic mass is 32.1. The van der Waals surface area contributed by atoms with E-state index in [4.69, 9.17) is 14.2 Å². The van der Waals surface area contributed by atoms with Crippen molar-refractivity contribution in [3.63, 3.8) is 0 Å². The second kappa shape index (κ2) is 13.4. The van der Waals surface area contributed by atoms with Crippen molar-refractivity contribution in [3.05, 3.63) is 108 Å². The Bertz CT molecular complexity index is 1970. The molecule has 3 heterocycles. The van der Waals surface area contributed by atoms with E-state index in [0.717, 1.165) is 22.6 Å². The Morgan fingerprint density at radius 1 is 0.978 bits per heavy atom. The fraction of sp³-hybridized carbons (Fsp3) is 0.294. The highest BCUT2D eigenvalue weighted by Gasteiger charge is 2.34. The Morgan fingerprint density at radius 3 is 2.42 bits per heavy atom. The molecular formula is C34H35N3O7S. The Labute approximate surface area is 264 Å². The number of hydrogen-bond acceptors (Lipinski definition) is 9. The number of fused-ring (bicyclic) bond motifs is 1. The van der Waals surface area contributed by atoms with Crippen molar-refractivity contribution in [1.29, 1.82) is 0 Å². The molecule has 45 heavy (non-hydrogen) atoms. The molecule has 2 aromatic carbocycles. The van der Waals surface area contributed by atoms with Crippen LogP contribution in [0.1, 0.15) is 49.3 Å². The molecule has 0 aliphatic carbocycles. The Balaban J connectivity index is 1.67. The van der Waals surface area contributed by atoms with Gasteiger partial charge in [0.25, 0.3) is 5.56 Å². The van der Waals surface area contributed by atoms with E-state index >= 15 is 0 Å². The number of methoxy groups -OCH3 is 1. The first-order chi connectivity index (χ1) is 21.7. The normalized spacial score (nSPS) is 14.5. The number of para-hydroxylation sites is 1. The number of hydrogen-bond donors (Lipinski definition) is 0. The minimum atomic E-state index is -0.840. The third-order valence-corrected chi connectivity index (χ3v) is 8.43. The number of carbonyl (C=O) groups is 2. The largest absolute Gasteiger partial charge is 0.490 e. The van der Waals surface area contributed by atoms with Gasteiger partial charge in [0.05, 0.1) is 42.2 Å². The predicted molar refractivity (Wildman–Crippen MR) is 171 cm³/mol. The standard InChI is InChI=1S/C34H35N3O7S/c1-7-42-27-17-23(14-15-26(27)44-19-29(38)41-6)31-30(33(40)43-8-2)21(4)35-34-37(31)32(39)28(45-34)18-24-16-20(3)36(22(24)5)25-12-10-9-11-13-25/h9-18,31H,7-8,19H2,1-6H3/b28-18+/t31-/m0/s1. The molecule has 0 saturated heterocycles. The van der Waals surface area contributed by atoms with Crippen molar-refractivity contribution in [1.82, 2.24) is 9.13 Å². The number of carbonyl (C=O) groups excluding carboxylic acids is 2. The van der Waals surface area contributed by atoms with E-state index in [1.54, 1.807) is 32.0 Å². The molecule has 234 valence electrons. The zero-order valence-corrected chi connectivity index (χ0v) is 26.9. The van der Waals surface area contributed by atoms with Gasteiger partial charge in [-0.1, -0.05) is 35.6 Å². The van der Waals surface area contributed by atoms with Gasteiger partial charge in [-0.15, -0.1) is 0 Å². The Kier molecular flexibility index (Phi) is 9.38. The average molecular weight is 630 g/mol. The maximum Gasteiger partial charge on any atom is 0.343 e. The van der Waals surface area contributed by atoms with Gasteiger partial charge < -0.3 is 23.5 Å². The molecule has 0 N–H and O–H groups in total. The van der Waals surface area contributed by atoms with Crippen LogP contribution in [0.25, 0.3) is 11.8 Å². The molecule has 4 aromatic rings. The molecule has 0 fully saturated rings. The summed E-state index contributed by atoms with van der Waals surface area (Å²) >= 11 is 1.26. The van der Waals surface area contributed by atoms with E-state index in [1.165, 1.54) is 23.0 Å². The lowest BCUT2D eigenvalue weighted by molar-refractivity contribution is -0.143. The van der Waals surface area contributed by atoms with Crippen LogP contribution in [0.4, 0.5) is 0 Å².